The Kier molecular flexibility index (Phi) is 7.50. The summed E-state index contributed by atoms with van der Waals surface area (Å²) in [5.41, 5.74) is 0. The Bertz CT molecular complexity index is 521. The molecule has 3 rings (SSSR count). The van der Waals surface area contributed by atoms with Crippen LogP contribution in [0.3, 0.4) is 0 Å². The van der Waals surface area contributed by atoms with Crippen molar-refractivity contribution in [3.05, 3.63) is 0 Å². The number of piperidine rings is 1. The number of nitrogens with zero attached hydrogens (tertiary/aromatic N) is 1. The lowest BCUT2D eigenvalue weighted by molar-refractivity contribution is -0.192. The molecule has 156 valence electrons. The molecule has 0 radical (unpaired) electrons. The summed E-state index contributed by atoms with van der Waals surface area (Å²) in [6, 6.07) is 0.979. The Morgan fingerprint density at radius 1 is 1.19 bits per heavy atom. The number of likely N-dealkylation sites (tertiary alicyclic amines) is 1. The minimum Gasteiger partial charge on any atom is -0.475 e. The number of carbonyl (C=O) groups excluding carboxylic acids is 1. The Morgan fingerprint density at radius 2 is 1.78 bits per heavy atom. The standard InChI is InChI=1S/C16H28N2O2.C2HF3O2/c1-11(2)17-16(19)14-9-12-7-8-18(10-15(12)20-14)13-5-3-4-6-13;3-2(4,5)1(6)7/h11-15H,3-10H2,1-2H3,(H,17,19);(H,6,7)/t12-,14+,15+;/m0./s1. The van der Waals surface area contributed by atoms with Crippen molar-refractivity contribution in [2.24, 2.45) is 5.92 Å². The first kappa shape index (κ1) is 21.9. The van der Waals surface area contributed by atoms with Gasteiger partial charge in [0.25, 0.3) is 0 Å². The van der Waals surface area contributed by atoms with Crippen molar-refractivity contribution in [1.29, 1.82) is 0 Å². The number of carboxylic acids is 1. The van der Waals surface area contributed by atoms with Crippen LogP contribution in [0.5, 0.6) is 0 Å². The van der Waals surface area contributed by atoms with Crippen molar-refractivity contribution >= 4 is 11.9 Å². The lowest BCUT2D eigenvalue weighted by atomic mass is 9.90. The Hall–Kier alpha value is -1.35. The van der Waals surface area contributed by atoms with Crippen LogP contribution in [0, 0.1) is 5.92 Å². The molecule has 1 amide bonds. The van der Waals surface area contributed by atoms with E-state index in [0.717, 1.165) is 19.0 Å². The summed E-state index contributed by atoms with van der Waals surface area (Å²) in [6.07, 6.45) is 2.59. The van der Waals surface area contributed by atoms with Crippen LogP contribution >= 0.6 is 0 Å². The highest BCUT2D eigenvalue weighted by Crippen LogP contribution is 2.36. The molecule has 0 bridgehead atoms. The summed E-state index contributed by atoms with van der Waals surface area (Å²) < 4.78 is 37.8. The summed E-state index contributed by atoms with van der Waals surface area (Å²) in [7, 11) is 0. The van der Waals surface area contributed by atoms with Crippen LogP contribution < -0.4 is 5.32 Å². The van der Waals surface area contributed by atoms with Gasteiger partial charge in [-0.15, -0.1) is 0 Å². The second-order valence-electron chi connectivity index (χ2n) is 7.85. The van der Waals surface area contributed by atoms with Crippen LogP contribution in [0.2, 0.25) is 0 Å². The maximum atomic E-state index is 12.1. The van der Waals surface area contributed by atoms with Crippen LogP contribution in [0.25, 0.3) is 0 Å². The van der Waals surface area contributed by atoms with Gasteiger partial charge in [0.1, 0.15) is 6.10 Å². The molecule has 0 aromatic carbocycles. The van der Waals surface area contributed by atoms with Gasteiger partial charge >= 0.3 is 12.1 Å². The summed E-state index contributed by atoms with van der Waals surface area (Å²) in [5, 5.41) is 10.1. The molecular formula is C18H29F3N2O4. The van der Waals surface area contributed by atoms with Crippen molar-refractivity contribution in [2.45, 2.75) is 82.8 Å². The third kappa shape index (κ3) is 6.34. The SMILES string of the molecule is CC(C)NC(=O)[C@H]1C[C@@H]2CCN(C3CCCC3)C[C@H]2O1.O=C(O)C(F)(F)F. The molecule has 0 aromatic heterocycles. The van der Waals surface area contributed by atoms with E-state index in [1.165, 1.54) is 38.6 Å². The topological polar surface area (TPSA) is 78.9 Å². The molecule has 0 spiro atoms. The molecule has 2 saturated heterocycles. The molecule has 0 unspecified atom stereocenters. The molecule has 2 N–H and O–H groups in total. The Balaban J connectivity index is 0.000000321. The van der Waals surface area contributed by atoms with Gasteiger partial charge in [-0.1, -0.05) is 12.8 Å². The normalized spacial score (nSPS) is 29.2. The van der Waals surface area contributed by atoms with Crippen molar-refractivity contribution in [3.8, 4) is 0 Å². The first-order valence-corrected chi connectivity index (χ1v) is 9.58. The number of amides is 1. The average Bonchev–Trinajstić information content (AvgIpc) is 3.22. The van der Waals surface area contributed by atoms with E-state index in [-0.39, 0.29) is 24.2 Å². The molecule has 1 saturated carbocycles. The van der Waals surface area contributed by atoms with Gasteiger partial charge in [-0.2, -0.15) is 13.2 Å². The molecule has 27 heavy (non-hydrogen) atoms. The van der Waals surface area contributed by atoms with E-state index in [2.05, 4.69) is 10.2 Å². The highest BCUT2D eigenvalue weighted by molar-refractivity contribution is 5.81. The van der Waals surface area contributed by atoms with E-state index in [1.54, 1.807) is 0 Å². The number of nitrogens with one attached hydrogen (secondary N) is 1. The number of aliphatic carboxylic acids is 1. The summed E-state index contributed by atoms with van der Waals surface area (Å²) in [6.45, 7) is 6.25. The smallest absolute Gasteiger partial charge is 0.475 e. The number of rotatable bonds is 3. The summed E-state index contributed by atoms with van der Waals surface area (Å²) >= 11 is 0. The van der Waals surface area contributed by atoms with Gasteiger partial charge in [-0.25, -0.2) is 4.79 Å². The molecule has 2 aliphatic heterocycles. The maximum absolute atomic E-state index is 12.1. The largest absolute Gasteiger partial charge is 0.490 e. The van der Waals surface area contributed by atoms with E-state index in [9.17, 15) is 18.0 Å². The van der Waals surface area contributed by atoms with E-state index < -0.39 is 12.1 Å². The fraction of sp³-hybridized carbons (Fsp3) is 0.889. The van der Waals surface area contributed by atoms with Gasteiger partial charge in [0.2, 0.25) is 5.91 Å². The minimum atomic E-state index is -5.08. The molecule has 9 heteroatoms. The molecule has 3 aliphatic rings. The number of fused-ring (bicyclic) bond motifs is 1. The number of alkyl halides is 3. The monoisotopic (exact) mass is 394 g/mol. The Morgan fingerprint density at radius 3 is 2.30 bits per heavy atom. The number of ether oxygens (including phenoxy) is 1. The summed E-state index contributed by atoms with van der Waals surface area (Å²) in [5.74, 6) is -2.08. The van der Waals surface area contributed by atoms with E-state index >= 15 is 0 Å². The quantitative estimate of drug-likeness (QED) is 0.769. The maximum Gasteiger partial charge on any atom is 0.490 e. The van der Waals surface area contributed by atoms with Crippen molar-refractivity contribution in [3.63, 3.8) is 0 Å². The van der Waals surface area contributed by atoms with Gasteiger partial charge in [-0.3, -0.25) is 9.69 Å². The number of hydrogen-bond donors (Lipinski definition) is 2. The van der Waals surface area contributed by atoms with E-state index in [4.69, 9.17) is 14.6 Å². The van der Waals surface area contributed by atoms with Crippen molar-refractivity contribution in [1.82, 2.24) is 10.2 Å². The van der Waals surface area contributed by atoms with Crippen LogP contribution in [-0.4, -0.2) is 65.4 Å². The minimum absolute atomic E-state index is 0.0850. The fourth-order valence-electron chi connectivity index (χ4n) is 4.10. The Labute approximate surface area is 157 Å². The number of halogens is 3. The number of hydrogen-bond acceptors (Lipinski definition) is 4. The van der Waals surface area contributed by atoms with Gasteiger partial charge < -0.3 is 15.2 Å². The van der Waals surface area contributed by atoms with Crippen LogP contribution in [0.15, 0.2) is 0 Å². The third-order valence-corrected chi connectivity index (χ3v) is 5.39. The molecule has 1 aliphatic carbocycles. The van der Waals surface area contributed by atoms with Crippen molar-refractivity contribution in [2.75, 3.05) is 13.1 Å². The van der Waals surface area contributed by atoms with Crippen LogP contribution in [0.1, 0.15) is 52.4 Å². The van der Waals surface area contributed by atoms with E-state index in [1.807, 2.05) is 13.8 Å². The number of carboxylic acid groups (broad SMARTS) is 1. The van der Waals surface area contributed by atoms with Gasteiger partial charge in [0.15, 0.2) is 0 Å². The molecular weight excluding hydrogens is 365 g/mol. The second kappa shape index (κ2) is 9.23. The van der Waals surface area contributed by atoms with Gasteiger partial charge in [0.05, 0.1) is 6.10 Å². The van der Waals surface area contributed by atoms with Gasteiger partial charge in [0, 0.05) is 18.6 Å². The summed E-state index contributed by atoms with van der Waals surface area (Å²) in [4.78, 5) is 23.6. The second-order valence-corrected chi connectivity index (χ2v) is 7.85. The average molecular weight is 394 g/mol. The zero-order valence-corrected chi connectivity index (χ0v) is 15.8. The zero-order valence-electron chi connectivity index (χ0n) is 15.8. The van der Waals surface area contributed by atoms with Crippen LogP contribution in [-0.2, 0) is 14.3 Å². The molecule has 0 aromatic rings. The zero-order chi connectivity index (χ0) is 20.2. The first-order valence-electron chi connectivity index (χ1n) is 9.58. The predicted molar refractivity (Wildman–Crippen MR) is 92.2 cm³/mol. The van der Waals surface area contributed by atoms with Crippen LogP contribution in [0.4, 0.5) is 13.2 Å². The fourth-order valence-corrected chi connectivity index (χ4v) is 4.10. The molecule has 6 nitrogen and oxygen atoms in total. The van der Waals surface area contributed by atoms with Gasteiger partial charge in [-0.05, 0) is 52.0 Å². The highest BCUT2D eigenvalue weighted by Gasteiger charge is 2.43. The third-order valence-electron chi connectivity index (χ3n) is 5.39. The highest BCUT2D eigenvalue weighted by atomic mass is 19.4. The molecule has 2 heterocycles. The first-order chi connectivity index (χ1) is 12.6. The number of carbonyl (C=O) groups is 2. The van der Waals surface area contributed by atoms with Crippen molar-refractivity contribution < 1.29 is 32.6 Å². The molecule has 3 atom stereocenters. The lowest BCUT2D eigenvalue weighted by Crippen LogP contribution is -2.46. The predicted octanol–water partition coefficient (Wildman–Crippen LogP) is 2.57. The molecule has 3 fully saturated rings. The lowest BCUT2D eigenvalue weighted by Gasteiger charge is -2.37. The van der Waals surface area contributed by atoms with E-state index in [0.29, 0.717) is 5.92 Å².